The molecule has 11 nitrogen and oxygen atoms in total. The predicted octanol–water partition coefficient (Wildman–Crippen LogP) is 5.88. The summed E-state index contributed by atoms with van der Waals surface area (Å²) in [4.78, 5) is 45.8. The number of hydrogen-bond donors (Lipinski definition) is 1. The van der Waals surface area contributed by atoms with Crippen molar-refractivity contribution >= 4 is 18.0 Å². The van der Waals surface area contributed by atoms with Gasteiger partial charge in [0.05, 0.1) is 0 Å². The maximum Gasteiger partial charge on any atom is 0.410 e. The van der Waals surface area contributed by atoms with E-state index in [-0.39, 0.29) is 18.0 Å². The van der Waals surface area contributed by atoms with Gasteiger partial charge in [0, 0.05) is 111 Å². The van der Waals surface area contributed by atoms with Crippen LogP contribution in [0, 0.1) is 0 Å². The van der Waals surface area contributed by atoms with Crippen molar-refractivity contribution in [3.63, 3.8) is 0 Å². The van der Waals surface area contributed by atoms with Crippen LogP contribution in [0.25, 0.3) is 0 Å². The second-order valence-electron chi connectivity index (χ2n) is 16.5. The van der Waals surface area contributed by atoms with Crippen molar-refractivity contribution in [1.29, 1.82) is 0 Å². The van der Waals surface area contributed by atoms with Gasteiger partial charge in [-0.15, -0.1) is 0 Å². The SMILES string of the molecule is CC(C)(C)OC(=O)N1CCC(=O)CC1.CC(C)(C)OC(=O)N1CCC(N2CCN(Cc3ccccc3)CC2)CC1.c1ccc(CN2CCNCC2)cc1. The molecule has 4 aliphatic rings. The van der Waals surface area contributed by atoms with Gasteiger partial charge in [0.15, 0.2) is 0 Å². The van der Waals surface area contributed by atoms with Gasteiger partial charge in [-0.2, -0.15) is 0 Å². The number of nitrogens with zero attached hydrogens (tertiary/aromatic N) is 5. The molecule has 2 amide bonds. The van der Waals surface area contributed by atoms with Crippen molar-refractivity contribution in [3.05, 3.63) is 71.8 Å². The zero-order valence-corrected chi connectivity index (χ0v) is 33.4. The Balaban J connectivity index is 0.000000196. The van der Waals surface area contributed by atoms with Gasteiger partial charge in [-0.3, -0.25) is 19.5 Å². The number of carbonyl (C=O) groups excluding carboxylic acids is 3. The third-order valence-electron chi connectivity index (χ3n) is 9.72. The second kappa shape index (κ2) is 20.8. The molecule has 0 radical (unpaired) electrons. The number of benzene rings is 2. The van der Waals surface area contributed by atoms with Crippen molar-refractivity contribution in [1.82, 2.24) is 29.8 Å². The maximum absolute atomic E-state index is 12.2. The Kier molecular flexibility index (Phi) is 16.6. The Bertz CT molecular complexity index is 1360. The number of rotatable bonds is 5. The van der Waals surface area contributed by atoms with Gasteiger partial charge in [0.25, 0.3) is 0 Å². The molecule has 0 aliphatic carbocycles. The van der Waals surface area contributed by atoms with Crippen molar-refractivity contribution in [2.24, 2.45) is 0 Å². The zero-order chi connectivity index (χ0) is 38.3. The van der Waals surface area contributed by atoms with E-state index in [9.17, 15) is 14.4 Å². The first-order valence-corrected chi connectivity index (χ1v) is 19.7. The third kappa shape index (κ3) is 16.2. The molecule has 0 bridgehead atoms. The topological polar surface area (TPSA) is 97.9 Å². The first-order chi connectivity index (χ1) is 25.2. The van der Waals surface area contributed by atoms with Gasteiger partial charge in [0.2, 0.25) is 0 Å². The number of ketones is 1. The fourth-order valence-corrected chi connectivity index (χ4v) is 6.84. The standard InChI is InChI=1S/C21H33N3O2.C11H16N2.C10H17NO3/c1-21(2,3)26-20(25)24-11-9-19(10-12-24)23-15-13-22(14-16-23)17-18-7-5-4-6-8-18;1-2-4-11(5-3-1)10-13-8-6-12-7-9-13;1-10(2,3)14-9(13)11-6-4-8(12)5-7-11/h4-8,19H,9-17H2,1-3H3;1-5,12H,6-10H2;4-7H2,1-3H3. The van der Waals surface area contributed by atoms with Gasteiger partial charge in [-0.25, -0.2) is 9.59 Å². The summed E-state index contributed by atoms with van der Waals surface area (Å²) < 4.78 is 10.7. The smallest absolute Gasteiger partial charge is 0.410 e. The van der Waals surface area contributed by atoms with Gasteiger partial charge in [0.1, 0.15) is 17.0 Å². The van der Waals surface area contributed by atoms with Crippen LogP contribution in [0.1, 0.15) is 78.4 Å². The average Bonchev–Trinajstić information content (AvgIpc) is 3.13. The first kappa shape index (κ1) is 42.2. The minimum atomic E-state index is -0.460. The first-order valence-electron chi connectivity index (χ1n) is 19.7. The predicted molar refractivity (Wildman–Crippen MR) is 211 cm³/mol. The number of carbonyl (C=O) groups is 3. The van der Waals surface area contributed by atoms with Crippen molar-refractivity contribution < 1.29 is 23.9 Å². The highest BCUT2D eigenvalue weighted by Gasteiger charge is 2.31. The summed E-state index contributed by atoms with van der Waals surface area (Å²) in [5, 5.41) is 3.36. The summed E-state index contributed by atoms with van der Waals surface area (Å²) in [7, 11) is 0. The van der Waals surface area contributed by atoms with Gasteiger partial charge in [-0.05, 0) is 65.5 Å². The molecule has 1 N–H and O–H groups in total. The van der Waals surface area contributed by atoms with E-state index in [0.717, 1.165) is 78.3 Å². The number of hydrogen-bond acceptors (Lipinski definition) is 9. The van der Waals surface area contributed by atoms with E-state index in [0.29, 0.717) is 32.0 Å². The lowest BCUT2D eigenvalue weighted by atomic mass is 10.0. The Hall–Kier alpha value is -3.51. The second-order valence-corrected chi connectivity index (χ2v) is 16.5. The molecule has 11 heteroatoms. The van der Waals surface area contributed by atoms with E-state index in [1.54, 1.807) is 4.90 Å². The fourth-order valence-electron chi connectivity index (χ4n) is 6.84. The van der Waals surface area contributed by atoms with Crippen LogP contribution in [-0.2, 0) is 27.4 Å². The summed E-state index contributed by atoms with van der Waals surface area (Å²) >= 11 is 0. The van der Waals surface area contributed by atoms with E-state index < -0.39 is 11.2 Å². The molecule has 4 saturated heterocycles. The van der Waals surface area contributed by atoms with E-state index >= 15 is 0 Å². The Morgan fingerprint density at radius 1 is 0.604 bits per heavy atom. The highest BCUT2D eigenvalue weighted by molar-refractivity contribution is 5.81. The molecule has 0 spiro atoms. The summed E-state index contributed by atoms with van der Waals surface area (Å²) in [6.45, 7) is 25.1. The largest absolute Gasteiger partial charge is 0.444 e. The highest BCUT2D eigenvalue weighted by Crippen LogP contribution is 2.21. The lowest BCUT2D eigenvalue weighted by Crippen LogP contribution is -2.53. The Labute approximate surface area is 318 Å². The maximum atomic E-state index is 12.2. The zero-order valence-electron chi connectivity index (χ0n) is 33.4. The van der Waals surface area contributed by atoms with Crippen LogP contribution in [0.4, 0.5) is 9.59 Å². The number of piperazine rings is 2. The minimum absolute atomic E-state index is 0.163. The van der Waals surface area contributed by atoms with Crippen molar-refractivity contribution in [2.45, 2.75) is 97.6 Å². The molecular weight excluding hydrogens is 668 g/mol. The van der Waals surface area contributed by atoms with Crippen LogP contribution in [0.3, 0.4) is 0 Å². The number of ether oxygens (including phenoxy) is 2. The average molecular weight is 735 g/mol. The highest BCUT2D eigenvalue weighted by atomic mass is 16.6. The van der Waals surface area contributed by atoms with Crippen LogP contribution in [-0.4, -0.2) is 138 Å². The molecule has 294 valence electrons. The molecule has 4 fully saturated rings. The molecule has 2 aromatic rings. The lowest BCUT2D eigenvalue weighted by Gasteiger charge is -2.42. The Morgan fingerprint density at radius 2 is 1.02 bits per heavy atom. The molecule has 0 atom stereocenters. The number of nitrogens with one attached hydrogen (secondary N) is 1. The van der Waals surface area contributed by atoms with Crippen LogP contribution < -0.4 is 5.32 Å². The molecule has 53 heavy (non-hydrogen) atoms. The molecule has 4 aliphatic heterocycles. The molecule has 2 aromatic carbocycles. The van der Waals surface area contributed by atoms with Crippen LogP contribution in [0.5, 0.6) is 0 Å². The lowest BCUT2D eigenvalue weighted by molar-refractivity contribution is -0.121. The monoisotopic (exact) mass is 735 g/mol. The third-order valence-corrected chi connectivity index (χ3v) is 9.72. The van der Waals surface area contributed by atoms with Crippen LogP contribution in [0.15, 0.2) is 60.7 Å². The summed E-state index contributed by atoms with van der Waals surface area (Å²) in [5.74, 6) is 0.227. The number of amides is 2. The number of piperidine rings is 2. The van der Waals surface area contributed by atoms with Crippen molar-refractivity contribution in [3.8, 4) is 0 Å². The molecular formula is C42H66N6O5. The summed E-state index contributed by atoms with van der Waals surface area (Å²) in [6, 6.07) is 22.0. The van der Waals surface area contributed by atoms with E-state index in [1.165, 1.54) is 24.2 Å². The van der Waals surface area contributed by atoms with Gasteiger partial charge < -0.3 is 24.6 Å². The molecule has 0 aromatic heterocycles. The number of Topliss-reactive ketones (excluding diaryl/α,β-unsaturated/α-hetero) is 1. The van der Waals surface area contributed by atoms with Gasteiger partial charge >= 0.3 is 12.2 Å². The molecule has 0 unspecified atom stereocenters. The molecule has 4 heterocycles. The van der Waals surface area contributed by atoms with Gasteiger partial charge in [-0.1, -0.05) is 60.7 Å². The van der Waals surface area contributed by atoms with E-state index in [1.807, 2.05) is 46.4 Å². The van der Waals surface area contributed by atoms with Crippen LogP contribution in [0.2, 0.25) is 0 Å². The van der Waals surface area contributed by atoms with E-state index in [2.05, 4.69) is 80.7 Å². The van der Waals surface area contributed by atoms with Crippen molar-refractivity contribution in [2.75, 3.05) is 78.5 Å². The normalized spacial score (nSPS) is 19.7. The number of likely N-dealkylation sites (tertiary alicyclic amines) is 2. The molecule has 6 rings (SSSR count). The molecule has 0 saturated carbocycles. The quantitative estimate of drug-likeness (QED) is 0.404. The minimum Gasteiger partial charge on any atom is -0.444 e. The van der Waals surface area contributed by atoms with Crippen LogP contribution >= 0.6 is 0 Å². The Morgan fingerprint density at radius 3 is 1.45 bits per heavy atom. The van der Waals surface area contributed by atoms with E-state index in [4.69, 9.17) is 9.47 Å². The summed E-state index contributed by atoms with van der Waals surface area (Å²) in [5.41, 5.74) is 1.94. The summed E-state index contributed by atoms with van der Waals surface area (Å²) in [6.07, 6.45) is 2.54. The fraction of sp³-hybridized carbons (Fsp3) is 0.643.